The van der Waals surface area contributed by atoms with Crippen LogP contribution in [-0.2, 0) is 5.41 Å². The highest BCUT2D eigenvalue weighted by Gasteiger charge is 2.36. The average molecular weight is 296 g/mol. The molecule has 4 heteroatoms. The van der Waals surface area contributed by atoms with E-state index in [0.29, 0.717) is 0 Å². The Kier molecular flexibility index (Phi) is 5.60. The molecule has 17 heavy (non-hydrogen) atoms. The number of hydrogen-bond donors (Lipinski definition) is 1. The monoisotopic (exact) mass is 295 g/mol. The topological polar surface area (TPSA) is 48.7 Å². The Bertz CT molecular complexity index is 392. The zero-order chi connectivity index (χ0) is 12.7. The molecular formula is C13H18BrN3. The van der Waals surface area contributed by atoms with Crippen LogP contribution in [0.3, 0.4) is 0 Å². The third kappa shape index (κ3) is 3.05. The van der Waals surface area contributed by atoms with E-state index >= 15 is 0 Å². The zero-order valence-corrected chi connectivity index (χ0v) is 11.9. The molecule has 0 saturated carbocycles. The predicted molar refractivity (Wildman–Crippen MR) is 72.7 cm³/mol. The summed E-state index contributed by atoms with van der Waals surface area (Å²) >= 11 is 3.47. The summed E-state index contributed by atoms with van der Waals surface area (Å²) in [6.07, 6.45) is 3.42. The Labute approximate surface area is 111 Å². The number of nitrogens with zero attached hydrogens (tertiary/aromatic N) is 2. The summed E-state index contributed by atoms with van der Waals surface area (Å²) in [6, 6.07) is 6.26. The molecule has 1 saturated heterocycles. The Balaban J connectivity index is 0.000000686. The van der Waals surface area contributed by atoms with Crippen LogP contribution in [0.4, 0.5) is 0 Å². The van der Waals surface area contributed by atoms with E-state index in [-0.39, 0.29) is 0 Å². The molecule has 0 spiro atoms. The third-order valence-electron chi connectivity index (χ3n) is 2.88. The second kappa shape index (κ2) is 6.73. The minimum Gasteiger partial charge on any atom is -0.317 e. The zero-order valence-electron chi connectivity index (χ0n) is 10.3. The summed E-state index contributed by atoms with van der Waals surface area (Å²) in [7, 11) is 0. The lowest BCUT2D eigenvalue weighted by molar-refractivity contribution is 0.373. The van der Waals surface area contributed by atoms with Gasteiger partial charge in [-0.3, -0.25) is 4.98 Å². The standard InChI is InChI=1S/C11H12BrN3.C2H6/c12-9-2-1-5-15-10(9)11(8-13)3-6-14-7-4-11;1-2/h1-2,5,14H,3-4,6-7H2;1-2H3. The number of nitrogens with one attached hydrogen (secondary N) is 1. The van der Waals surface area contributed by atoms with Gasteiger partial charge in [0.15, 0.2) is 0 Å². The van der Waals surface area contributed by atoms with Gasteiger partial charge in [0.2, 0.25) is 0 Å². The van der Waals surface area contributed by atoms with Crippen molar-refractivity contribution in [3.8, 4) is 6.07 Å². The number of hydrogen-bond acceptors (Lipinski definition) is 3. The Morgan fingerprint density at radius 3 is 2.59 bits per heavy atom. The van der Waals surface area contributed by atoms with Gasteiger partial charge in [0.05, 0.1) is 11.8 Å². The van der Waals surface area contributed by atoms with Gasteiger partial charge in [-0.2, -0.15) is 5.26 Å². The molecule has 92 valence electrons. The van der Waals surface area contributed by atoms with Gasteiger partial charge in [0.1, 0.15) is 5.41 Å². The number of pyridine rings is 1. The van der Waals surface area contributed by atoms with E-state index in [2.05, 4.69) is 32.3 Å². The van der Waals surface area contributed by atoms with Gasteiger partial charge in [-0.25, -0.2) is 0 Å². The van der Waals surface area contributed by atoms with E-state index in [1.54, 1.807) is 6.20 Å². The van der Waals surface area contributed by atoms with Gasteiger partial charge in [0.25, 0.3) is 0 Å². The van der Waals surface area contributed by atoms with Crippen molar-refractivity contribution >= 4 is 15.9 Å². The minimum atomic E-state index is -0.411. The summed E-state index contributed by atoms with van der Waals surface area (Å²) in [6.45, 7) is 5.77. The highest BCUT2D eigenvalue weighted by molar-refractivity contribution is 9.10. The van der Waals surface area contributed by atoms with Crippen LogP contribution < -0.4 is 5.32 Å². The lowest BCUT2D eigenvalue weighted by atomic mass is 9.77. The number of nitriles is 1. The molecule has 0 radical (unpaired) electrons. The average Bonchev–Trinajstić information content (AvgIpc) is 2.42. The van der Waals surface area contributed by atoms with Gasteiger partial charge in [-0.1, -0.05) is 13.8 Å². The van der Waals surface area contributed by atoms with Crippen LogP contribution in [0.2, 0.25) is 0 Å². The van der Waals surface area contributed by atoms with Crippen molar-refractivity contribution in [2.45, 2.75) is 32.1 Å². The quantitative estimate of drug-likeness (QED) is 0.866. The molecular weight excluding hydrogens is 278 g/mol. The lowest BCUT2D eigenvalue weighted by Crippen LogP contribution is -2.39. The Hall–Kier alpha value is -0.920. The molecule has 1 N–H and O–H groups in total. The molecule has 3 nitrogen and oxygen atoms in total. The van der Waals surface area contributed by atoms with E-state index in [4.69, 9.17) is 0 Å². The molecule has 0 atom stereocenters. The summed E-state index contributed by atoms with van der Waals surface area (Å²) < 4.78 is 0.938. The second-order valence-electron chi connectivity index (χ2n) is 3.78. The van der Waals surface area contributed by atoms with Gasteiger partial charge in [-0.05, 0) is 54.0 Å². The van der Waals surface area contributed by atoms with Gasteiger partial charge in [0, 0.05) is 10.7 Å². The van der Waals surface area contributed by atoms with E-state index < -0.39 is 5.41 Å². The predicted octanol–water partition coefficient (Wildman–Crippen LogP) is 3.02. The fourth-order valence-electron chi connectivity index (χ4n) is 1.99. The molecule has 1 aromatic rings. The van der Waals surface area contributed by atoms with Crippen molar-refractivity contribution in [1.82, 2.24) is 10.3 Å². The first-order valence-electron chi connectivity index (χ1n) is 6.01. The van der Waals surface area contributed by atoms with Crippen LogP contribution in [0.25, 0.3) is 0 Å². The smallest absolute Gasteiger partial charge is 0.103 e. The van der Waals surface area contributed by atoms with Crippen LogP contribution in [0, 0.1) is 11.3 Å². The normalized spacial score (nSPS) is 17.5. The Morgan fingerprint density at radius 1 is 1.41 bits per heavy atom. The lowest BCUT2D eigenvalue weighted by Gasteiger charge is -2.31. The van der Waals surface area contributed by atoms with Crippen LogP contribution in [0.5, 0.6) is 0 Å². The van der Waals surface area contributed by atoms with Crippen molar-refractivity contribution < 1.29 is 0 Å². The number of rotatable bonds is 1. The van der Waals surface area contributed by atoms with Crippen LogP contribution in [0.15, 0.2) is 22.8 Å². The van der Waals surface area contributed by atoms with Gasteiger partial charge in [-0.15, -0.1) is 0 Å². The molecule has 0 bridgehead atoms. The highest BCUT2D eigenvalue weighted by atomic mass is 79.9. The number of halogens is 1. The minimum absolute atomic E-state index is 0.411. The van der Waals surface area contributed by atoms with Crippen molar-refractivity contribution in [3.63, 3.8) is 0 Å². The van der Waals surface area contributed by atoms with Crippen LogP contribution in [-0.4, -0.2) is 18.1 Å². The van der Waals surface area contributed by atoms with Gasteiger partial charge >= 0.3 is 0 Å². The first-order chi connectivity index (χ1) is 8.28. The van der Waals surface area contributed by atoms with Crippen molar-refractivity contribution in [2.75, 3.05) is 13.1 Å². The second-order valence-corrected chi connectivity index (χ2v) is 4.63. The summed E-state index contributed by atoms with van der Waals surface area (Å²) in [4.78, 5) is 4.35. The molecule has 1 fully saturated rings. The third-order valence-corrected chi connectivity index (χ3v) is 3.52. The molecule has 1 aliphatic heterocycles. The van der Waals surface area contributed by atoms with Crippen molar-refractivity contribution in [1.29, 1.82) is 5.26 Å². The fourth-order valence-corrected chi connectivity index (χ4v) is 2.63. The SMILES string of the molecule is CC.N#CC1(c2ncccc2Br)CCNCC1. The molecule has 0 aliphatic carbocycles. The summed E-state index contributed by atoms with van der Waals surface area (Å²) in [5.74, 6) is 0. The first-order valence-corrected chi connectivity index (χ1v) is 6.81. The maximum Gasteiger partial charge on any atom is 0.103 e. The molecule has 0 amide bonds. The van der Waals surface area contributed by atoms with Crippen molar-refractivity contribution in [3.05, 3.63) is 28.5 Å². The molecule has 0 unspecified atom stereocenters. The largest absolute Gasteiger partial charge is 0.317 e. The van der Waals surface area contributed by atoms with Gasteiger partial charge < -0.3 is 5.32 Å². The molecule has 2 heterocycles. The Morgan fingerprint density at radius 2 is 2.06 bits per heavy atom. The van der Waals surface area contributed by atoms with Crippen molar-refractivity contribution in [2.24, 2.45) is 0 Å². The first kappa shape index (κ1) is 14.1. The maximum atomic E-state index is 9.38. The van der Waals surface area contributed by atoms with Crippen LogP contribution >= 0.6 is 15.9 Å². The number of piperidine rings is 1. The maximum absolute atomic E-state index is 9.38. The molecule has 0 aromatic carbocycles. The highest BCUT2D eigenvalue weighted by Crippen LogP contribution is 2.35. The van der Waals surface area contributed by atoms with E-state index in [9.17, 15) is 5.26 Å². The number of aromatic nitrogens is 1. The fraction of sp³-hybridized carbons (Fsp3) is 0.538. The molecule has 1 aromatic heterocycles. The van der Waals surface area contributed by atoms with E-state index in [1.807, 2.05) is 26.0 Å². The van der Waals surface area contributed by atoms with E-state index in [1.165, 1.54) is 0 Å². The van der Waals surface area contributed by atoms with E-state index in [0.717, 1.165) is 36.1 Å². The summed E-state index contributed by atoms with van der Waals surface area (Å²) in [5.41, 5.74) is 0.472. The molecule has 2 rings (SSSR count). The van der Waals surface area contributed by atoms with Crippen LogP contribution in [0.1, 0.15) is 32.4 Å². The molecule has 1 aliphatic rings. The summed E-state index contributed by atoms with van der Waals surface area (Å²) in [5, 5.41) is 12.6.